The number of carbonyl (C=O) groups excluding carboxylic acids is 1. The Balaban J connectivity index is 2.29. The summed E-state index contributed by atoms with van der Waals surface area (Å²) in [4.78, 5) is 12.7. The second kappa shape index (κ2) is 9.62. The lowest BCUT2D eigenvalue weighted by Gasteiger charge is -2.29. The van der Waals surface area contributed by atoms with Crippen molar-refractivity contribution in [2.75, 3.05) is 19.8 Å². The summed E-state index contributed by atoms with van der Waals surface area (Å²) in [6, 6.07) is 3.33. The first-order valence-electron chi connectivity index (χ1n) is 9.90. The van der Waals surface area contributed by atoms with Crippen molar-refractivity contribution >= 4 is 11.6 Å². The fraction of sp³-hybridized carbons (Fsp3) is 0.545. The van der Waals surface area contributed by atoms with Gasteiger partial charge in [0.05, 0.1) is 25.5 Å². The molecule has 0 heterocycles. The van der Waals surface area contributed by atoms with Crippen LogP contribution < -0.4 is 19.6 Å². The Kier molecular flexibility index (Phi) is 7.49. The minimum Gasteiger partial charge on any atom is -0.490 e. The van der Waals surface area contributed by atoms with Gasteiger partial charge in [-0.1, -0.05) is 19.4 Å². The van der Waals surface area contributed by atoms with E-state index in [-0.39, 0.29) is 11.3 Å². The number of benzene rings is 1. The van der Waals surface area contributed by atoms with Crippen molar-refractivity contribution in [2.24, 2.45) is 10.5 Å². The van der Waals surface area contributed by atoms with Gasteiger partial charge in [-0.3, -0.25) is 4.79 Å². The predicted octanol–water partition coefficient (Wildman–Crippen LogP) is 4.73. The maximum absolute atomic E-state index is 12.7. The standard InChI is InChI=1S/C22H32N2O4/c1-7-26-18-11-16(12-19(27-8-2)20(18)28-9-3)21(25)24-23-17-10-15(4)13-22(5,6)14-17/h10-12H,7-9,13-14H2,1-6H3,(H,24,25)/b23-17+. The van der Waals surface area contributed by atoms with E-state index in [1.165, 1.54) is 5.57 Å². The molecule has 154 valence electrons. The molecule has 28 heavy (non-hydrogen) atoms. The molecule has 0 atom stereocenters. The maximum Gasteiger partial charge on any atom is 0.271 e. The van der Waals surface area contributed by atoms with Crippen molar-refractivity contribution in [3.63, 3.8) is 0 Å². The summed E-state index contributed by atoms with van der Waals surface area (Å²) >= 11 is 0. The van der Waals surface area contributed by atoms with Crippen LogP contribution in [0, 0.1) is 5.41 Å². The highest BCUT2D eigenvalue weighted by atomic mass is 16.5. The Bertz CT molecular complexity index is 739. The maximum atomic E-state index is 12.7. The first-order valence-corrected chi connectivity index (χ1v) is 9.90. The molecule has 0 saturated heterocycles. The van der Waals surface area contributed by atoms with Gasteiger partial charge < -0.3 is 14.2 Å². The van der Waals surface area contributed by atoms with Crippen molar-refractivity contribution in [1.82, 2.24) is 5.43 Å². The van der Waals surface area contributed by atoms with Gasteiger partial charge in [0, 0.05) is 5.56 Å². The highest BCUT2D eigenvalue weighted by molar-refractivity contribution is 6.00. The molecule has 0 spiro atoms. The summed E-state index contributed by atoms with van der Waals surface area (Å²) in [7, 11) is 0. The number of hydrazone groups is 1. The molecule has 1 aliphatic carbocycles. The Morgan fingerprint density at radius 3 is 2.11 bits per heavy atom. The van der Waals surface area contributed by atoms with E-state index in [0.29, 0.717) is 42.6 Å². The number of rotatable bonds is 8. The average Bonchev–Trinajstić information content (AvgIpc) is 2.61. The molecule has 6 heteroatoms. The fourth-order valence-electron chi connectivity index (χ4n) is 3.47. The van der Waals surface area contributed by atoms with E-state index in [2.05, 4.69) is 31.3 Å². The first kappa shape index (κ1) is 21.8. The highest BCUT2D eigenvalue weighted by Gasteiger charge is 2.25. The molecule has 0 unspecified atom stereocenters. The molecule has 6 nitrogen and oxygen atoms in total. The van der Waals surface area contributed by atoms with Crippen LogP contribution in [0.25, 0.3) is 0 Å². The van der Waals surface area contributed by atoms with Gasteiger partial charge in [-0.25, -0.2) is 5.43 Å². The zero-order valence-electron chi connectivity index (χ0n) is 17.8. The van der Waals surface area contributed by atoms with Gasteiger partial charge in [-0.15, -0.1) is 0 Å². The van der Waals surface area contributed by atoms with E-state index < -0.39 is 0 Å². The van der Waals surface area contributed by atoms with Gasteiger partial charge in [0.2, 0.25) is 5.75 Å². The van der Waals surface area contributed by atoms with E-state index in [4.69, 9.17) is 14.2 Å². The van der Waals surface area contributed by atoms with Crippen LogP contribution >= 0.6 is 0 Å². The lowest BCUT2D eigenvalue weighted by Crippen LogP contribution is -2.25. The molecule has 0 aromatic heterocycles. The Morgan fingerprint density at radius 1 is 1.04 bits per heavy atom. The molecule has 2 rings (SSSR count). The summed E-state index contributed by atoms with van der Waals surface area (Å²) in [6.07, 6.45) is 3.90. The van der Waals surface area contributed by atoms with Gasteiger partial charge in [0.15, 0.2) is 11.5 Å². The largest absolute Gasteiger partial charge is 0.490 e. The second-order valence-electron chi connectivity index (χ2n) is 7.65. The zero-order chi connectivity index (χ0) is 20.7. The van der Waals surface area contributed by atoms with Crippen LogP contribution in [0.5, 0.6) is 17.2 Å². The van der Waals surface area contributed by atoms with Gasteiger partial charge >= 0.3 is 0 Å². The van der Waals surface area contributed by atoms with Crippen molar-refractivity contribution in [2.45, 2.75) is 54.4 Å². The van der Waals surface area contributed by atoms with E-state index in [9.17, 15) is 4.79 Å². The molecule has 1 N–H and O–H groups in total. The van der Waals surface area contributed by atoms with Crippen LogP contribution in [-0.4, -0.2) is 31.4 Å². The molecule has 0 saturated carbocycles. The molecular formula is C22H32N2O4. The van der Waals surface area contributed by atoms with Crippen LogP contribution in [0.4, 0.5) is 0 Å². The number of carbonyl (C=O) groups is 1. The Hall–Kier alpha value is -2.50. The quantitative estimate of drug-likeness (QED) is 0.654. The summed E-state index contributed by atoms with van der Waals surface area (Å²) in [6.45, 7) is 13.5. The molecular weight excluding hydrogens is 356 g/mol. The molecule has 1 aliphatic rings. The lowest BCUT2D eigenvalue weighted by atomic mass is 9.77. The second-order valence-corrected chi connectivity index (χ2v) is 7.65. The smallest absolute Gasteiger partial charge is 0.271 e. The zero-order valence-corrected chi connectivity index (χ0v) is 17.8. The van der Waals surface area contributed by atoms with E-state index in [1.54, 1.807) is 12.1 Å². The third-order valence-corrected chi connectivity index (χ3v) is 4.30. The normalized spacial score (nSPS) is 17.1. The number of nitrogens with zero attached hydrogens (tertiary/aromatic N) is 1. The number of amides is 1. The fourth-order valence-corrected chi connectivity index (χ4v) is 3.47. The third-order valence-electron chi connectivity index (χ3n) is 4.30. The molecule has 1 amide bonds. The van der Waals surface area contributed by atoms with Crippen molar-refractivity contribution in [3.8, 4) is 17.2 Å². The van der Waals surface area contributed by atoms with Crippen LogP contribution in [-0.2, 0) is 0 Å². The molecule has 0 radical (unpaired) electrons. The summed E-state index contributed by atoms with van der Waals surface area (Å²) in [5.41, 5.74) is 5.37. The number of nitrogens with one attached hydrogen (secondary N) is 1. The van der Waals surface area contributed by atoms with Gasteiger partial charge in [-0.05, 0) is 64.2 Å². The molecule has 0 aliphatic heterocycles. The van der Waals surface area contributed by atoms with Crippen molar-refractivity contribution in [3.05, 3.63) is 29.3 Å². The van der Waals surface area contributed by atoms with Gasteiger partial charge in [0.1, 0.15) is 0 Å². The third kappa shape index (κ3) is 5.75. The lowest BCUT2D eigenvalue weighted by molar-refractivity contribution is 0.0953. The average molecular weight is 389 g/mol. The Labute approximate surface area is 167 Å². The monoisotopic (exact) mass is 388 g/mol. The van der Waals surface area contributed by atoms with Gasteiger partial charge in [0.25, 0.3) is 5.91 Å². The van der Waals surface area contributed by atoms with Crippen LogP contribution in [0.15, 0.2) is 28.9 Å². The number of hydrogen-bond donors (Lipinski definition) is 1. The number of allylic oxidation sites excluding steroid dienone is 2. The predicted molar refractivity (Wildman–Crippen MR) is 112 cm³/mol. The number of ether oxygens (including phenoxy) is 3. The topological polar surface area (TPSA) is 69.2 Å². The summed E-state index contributed by atoms with van der Waals surface area (Å²) < 4.78 is 17.0. The van der Waals surface area contributed by atoms with Crippen LogP contribution in [0.2, 0.25) is 0 Å². The number of hydrogen-bond acceptors (Lipinski definition) is 5. The van der Waals surface area contributed by atoms with Crippen LogP contribution in [0.1, 0.15) is 64.7 Å². The van der Waals surface area contributed by atoms with E-state index >= 15 is 0 Å². The molecule has 0 bridgehead atoms. The van der Waals surface area contributed by atoms with E-state index in [1.807, 2.05) is 26.8 Å². The molecule has 1 aromatic rings. The minimum atomic E-state index is -0.313. The first-order chi connectivity index (χ1) is 13.3. The molecule has 0 fully saturated rings. The minimum absolute atomic E-state index is 0.145. The van der Waals surface area contributed by atoms with E-state index in [0.717, 1.165) is 18.6 Å². The van der Waals surface area contributed by atoms with Crippen molar-refractivity contribution in [1.29, 1.82) is 0 Å². The van der Waals surface area contributed by atoms with Crippen LogP contribution in [0.3, 0.4) is 0 Å². The SMILES string of the molecule is CCOc1cc(C(=O)N/N=C2\C=C(C)CC(C)(C)C2)cc(OCC)c1OCC. The highest BCUT2D eigenvalue weighted by Crippen LogP contribution is 2.39. The van der Waals surface area contributed by atoms with Gasteiger partial charge in [-0.2, -0.15) is 5.10 Å². The summed E-state index contributed by atoms with van der Waals surface area (Å²) in [5, 5.41) is 4.34. The summed E-state index contributed by atoms with van der Waals surface area (Å²) in [5.74, 6) is 1.18. The van der Waals surface area contributed by atoms with Crippen molar-refractivity contribution < 1.29 is 19.0 Å². The molecule has 1 aromatic carbocycles. The Morgan fingerprint density at radius 2 is 1.61 bits per heavy atom.